The molecule has 106 valence electrons. The minimum absolute atomic E-state index is 0.0671. The van der Waals surface area contributed by atoms with Crippen LogP contribution < -0.4 is 0 Å². The number of carbonyl (C=O) groups excluding carboxylic acids is 1. The Morgan fingerprint density at radius 1 is 1.50 bits per heavy atom. The molecule has 0 fully saturated rings. The molecule has 2 aromatic rings. The molecule has 0 aromatic carbocycles. The van der Waals surface area contributed by atoms with Gasteiger partial charge in [-0.05, 0) is 25.0 Å². The number of rotatable bonds is 5. The van der Waals surface area contributed by atoms with Crippen molar-refractivity contribution in [3.05, 3.63) is 47.6 Å². The minimum atomic E-state index is -0.146. The van der Waals surface area contributed by atoms with Gasteiger partial charge in [0.15, 0.2) is 5.69 Å². The highest BCUT2D eigenvalue weighted by molar-refractivity contribution is 5.92. The summed E-state index contributed by atoms with van der Waals surface area (Å²) in [5.74, 6) is 0.603. The number of carbonyl (C=O) groups is 1. The average Bonchev–Trinajstić information content (AvgIpc) is 2.95. The molecule has 5 heteroatoms. The normalized spacial score (nSPS) is 12.2. The largest absolute Gasteiger partial charge is 0.361 e. The van der Waals surface area contributed by atoms with Crippen molar-refractivity contribution in [3.63, 3.8) is 0 Å². The molecule has 0 radical (unpaired) electrons. The third-order valence-corrected chi connectivity index (χ3v) is 3.34. The highest BCUT2D eigenvalue weighted by atomic mass is 16.5. The maximum atomic E-state index is 12.4. The Hall–Kier alpha value is -2.17. The van der Waals surface area contributed by atoms with Gasteiger partial charge in [0.05, 0.1) is 6.04 Å². The van der Waals surface area contributed by atoms with Crippen LogP contribution in [0.3, 0.4) is 0 Å². The predicted octanol–water partition coefficient (Wildman–Crippen LogP) is 2.86. The van der Waals surface area contributed by atoms with E-state index in [1.54, 1.807) is 30.4 Å². The van der Waals surface area contributed by atoms with Gasteiger partial charge in [-0.25, -0.2) is 0 Å². The van der Waals surface area contributed by atoms with Crippen LogP contribution in [0.15, 0.2) is 35.1 Å². The second-order valence-electron chi connectivity index (χ2n) is 4.81. The molecule has 0 N–H and O–H groups in total. The van der Waals surface area contributed by atoms with Crippen LogP contribution in [0.5, 0.6) is 0 Å². The van der Waals surface area contributed by atoms with Gasteiger partial charge in [-0.1, -0.05) is 18.1 Å². The second kappa shape index (κ2) is 6.32. The average molecular weight is 273 g/mol. The first-order valence-electron chi connectivity index (χ1n) is 6.76. The van der Waals surface area contributed by atoms with Crippen molar-refractivity contribution in [3.8, 4) is 0 Å². The van der Waals surface area contributed by atoms with Crippen LogP contribution in [0.2, 0.25) is 0 Å². The topological polar surface area (TPSA) is 59.2 Å². The Morgan fingerprint density at radius 2 is 2.30 bits per heavy atom. The third-order valence-electron chi connectivity index (χ3n) is 3.34. The maximum Gasteiger partial charge on any atom is 0.276 e. The van der Waals surface area contributed by atoms with Gasteiger partial charge >= 0.3 is 0 Å². The number of nitrogens with zero attached hydrogens (tertiary/aromatic N) is 3. The molecule has 2 aromatic heterocycles. The van der Waals surface area contributed by atoms with Gasteiger partial charge in [0.25, 0.3) is 5.91 Å². The zero-order chi connectivity index (χ0) is 14.5. The molecule has 2 heterocycles. The Kier molecular flexibility index (Phi) is 4.50. The standard InChI is InChI=1S/C15H19N3O2/c1-4-6-13-9-14(17-20-13)15(19)18(3)11(2)12-7-5-8-16-10-12/h5,7-11H,4,6H2,1-3H3. The molecule has 0 aliphatic heterocycles. The molecule has 0 spiro atoms. The first-order valence-corrected chi connectivity index (χ1v) is 6.76. The van der Waals surface area contributed by atoms with E-state index >= 15 is 0 Å². The molecule has 1 unspecified atom stereocenters. The summed E-state index contributed by atoms with van der Waals surface area (Å²) in [5, 5.41) is 3.85. The van der Waals surface area contributed by atoms with Gasteiger partial charge in [0, 0.05) is 31.9 Å². The molecular weight excluding hydrogens is 254 g/mol. The molecule has 0 saturated heterocycles. The minimum Gasteiger partial charge on any atom is -0.361 e. The van der Waals surface area contributed by atoms with Crippen molar-refractivity contribution in [2.75, 3.05) is 7.05 Å². The van der Waals surface area contributed by atoms with Crippen LogP contribution in [-0.2, 0) is 6.42 Å². The Balaban J connectivity index is 2.11. The summed E-state index contributed by atoms with van der Waals surface area (Å²) in [7, 11) is 1.76. The van der Waals surface area contributed by atoms with Crippen molar-refractivity contribution < 1.29 is 9.32 Å². The van der Waals surface area contributed by atoms with E-state index in [2.05, 4.69) is 17.1 Å². The highest BCUT2D eigenvalue weighted by Crippen LogP contribution is 2.19. The lowest BCUT2D eigenvalue weighted by Crippen LogP contribution is -2.29. The monoisotopic (exact) mass is 273 g/mol. The summed E-state index contributed by atoms with van der Waals surface area (Å²) in [4.78, 5) is 18.1. The SMILES string of the molecule is CCCc1cc(C(=O)N(C)C(C)c2cccnc2)no1. The fourth-order valence-electron chi connectivity index (χ4n) is 1.98. The summed E-state index contributed by atoms with van der Waals surface area (Å²) in [6.45, 7) is 4.02. The summed E-state index contributed by atoms with van der Waals surface area (Å²) in [6, 6.07) is 5.47. The molecule has 0 aliphatic carbocycles. The van der Waals surface area contributed by atoms with Crippen LogP contribution in [0, 0.1) is 0 Å². The number of amides is 1. The molecule has 0 aliphatic rings. The third kappa shape index (κ3) is 3.04. The quantitative estimate of drug-likeness (QED) is 0.840. The van der Waals surface area contributed by atoms with Crippen LogP contribution in [-0.4, -0.2) is 28.0 Å². The van der Waals surface area contributed by atoms with E-state index in [4.69, 9.17) is 4.52 Å². The van der Waals surface area contributed by atoms with E-state index in [0.29, 0.717) is 5.69 Å². The molecule has 0 saturated carbocycles. The number of hydrogen-bond donors (Lipinski definition) is 0. The molecule has 1 atom stereocenters. The molecule has 2 rings (SSSR count). The van der Waals surface area contributed by atoms with Crippen molar-refractivity contribution in [2.45, 2.75) is 32.7 Å². The number of pyridine rings is 1. The molecule has 5 nitrogen and oxygen atoms in total. The van der Waals surface area contributed by atoms with Gasteiger partial charge in [0.1, 0.15) is 5.76 Å². The Bertz CT molecular complexity index is 566. The van der Waals surface area contributed by atoms with E-state index in [1.807, 2.05) is 19.1 Å². The second-order valence-corrected chi connectivity index (χ2v) is 4.81. The molecule has 1 amide bonds. The smallest absolute Gasteiger partial charge is 0.276 e. The lowest BCUT2D eigenvalue weighted by molar-refractivity contribution is 0.0732. The van der Waals surface area contributed by atoms with Gasteiger partial charge in [-0.3, -0.25) is 9.78 Å². The predicted molar refractivity (Wildman–Crippen MR) is 75.2 cm³/mol. The van der Waals surface area contributed by atoms with E-state index in [1.165, 1.54) is 0 Å². The Morgan fingerprint density at radius 3 is 2.95 bits per heavy atom. The van der Waals surface area contributed by atoms with Gasteiger partial charge < -0.3 is 9.42 Å². The van der Waals surface area contributed by atoms with E-state index in [0.717, 1.165) is 24.2 Å². The van der Waals surface area contributed by atoms with Crippen LogP contribution >= 0.6 is 0 Å². The first kappa shape index (κ1) is 14.2. The summed E-state index contributed by atoms with van der Waals surface area (Å²) in [5.41, 5.74) is 1.34. The van der Waals surface area contributed by atoms with Gasteiger partial charge in [0.2, 0.25) is 0 Å². The Labute approximate surface area is 118 Å². The van der Waals surface area contributed by atoms with Crippen LogP contribution in [0.4, 0.5) is 0 Å². The van der Waals surface area contributed by atoms with Crippen LogP contribution in [0.1, 0.15) is 48.1 Å². The van der Waals surface area contributed by atoms with Crippen molar-refractivity contribution in [1.82, 2.24) is 15.0 Å². The zero-order valence-electron chi connectivity index (χ0n) is 12.0. The lowest BCUT2D eigenvalue weighted by Gasteiger charge is -2.24. The maximum absolute atomic E-state index is 12.4. The van der Waals surface area contributed by atoms with E-state index < -0.39 is 0 Å². The fourth-order valence-corrected chi connectivity index (χ4v) is 1.98. The fraction of sp³-hybridized carbons (Fsp3) is 0.400. The summed E-state index contributed by atoms with van der Waals surface area (Å²) >= 11 is 0. The number of hydrogen-bond acceptors (Lipinski definition) is 4. The van der Waals surface area contributed by atoms with Crippen LogP contribution in [0.25, 0.3) is 0 Å². The van der Waals surface area contributed by atoms with Crippen molar-refractivity contribution in [2.24, 2.45) is 0 Å². The van der Waals surface area contributed by atoms with Gasteiger partial charge in [-0.2, -0.15) is 0 Å². The van der Waals surface area contributed by atoms with E-state index in [-0.39, 0.29) is 11.9 Å². The lowest BCUT2D eigenvalue weighted by atomic mass is 10.1. The van der Waals surface area contributed by atoms with E-state index in [9.17, 15) is 4.79 Å². The zero-order valence-corrected chi connectivity index (χ0v) is 12.0. The van der Waals surface area contributed by atoms with Crippen molar-refractivity contribution in [1.29, 1.82) is 0 Å². The van der Waals surface area contributed by atoms with Gasteiger partial charge in [-0.15, -0.1) is 0 Å². The summed E-state index contributed by atoms with van der Waals surface area (Å²) < 4.78 is 5.15. The number of aromatic nitrogens is 2. The van der Waals surface area contributed by atoms with Crippen molar-refractivity contribution >= 4 is 5.91 Å². The molecule has 20 heavy (non-hydrogen) atoms. The summed E-state index contributed by atoms with van der Waals surface area (Å²) in [6.07, 6.45) is 5.24. The first-order chi connectivity index (χ1) is 9.63. The number of aryl methyl sites for hydroxylation is 1. The highest BCUT2D eigenvalue weighted by Gasteiger charge is 2.22. The molecular formula is C15H19N3O2. The molecule has 0 bridgehead atoms.